The number of anilines is 2. The molecule has 0 aliphatic carbocycles. The van der Waals surface area contributed by atoms with Crippen LogP contribution in [-0.2, 0) is 14.8 Å². The summed E-state index contributed by atoms with van der Waals surface area (Å²) in [7, 11) is -3.24. The van der Waals surface area contributed by atoms with Gasteiger partial charge in [-0.05, 0) is 55.7 Å². The van der Waals surface area contributed by atoms with Crippen molar-refractivity contribution in [2.45, 2.75) is 19.8 Å². The summed E-state index contributed by atoms with van der Waals surface area (Å²) in [4.78, 5) is 25.3. The van der Waals surface area contributed by atoms with Crippen LogP contribution in [0.1, 0.15) is 28.8 Å². The van der Waals surface area contributed by atoms with Gasteiger partial charge in [-0.15, -0.1) is 0 Å². The summed E-state index contributed by atoms with van der Waals surface area (Å²) in [6, 6.07) is 10.5. The predicted octanol–water partition coefficient (Wildman–Crippen LogP) is 2.96. The van der Waals surface area contributed by atoms with Crippen LogP contribution in [0.4, 0.5) is 11.4 Å². The summed E-state index contributed by atoms with van der Waals surface area (Å²) in [6.07, 6.45) is 2.10. The molecule has 2 amide bonds. The number of carbonyl (C=O) groups is 2. The number of benzene rings is 2. The number of piperidine rings is 1. The molecule has 0 unspecified atom stereocenters. The zero-order chi connectivity index (χ0) is 21.5. The van der Waals surface area contributed by atoms with Crippen LogP contribution in [0.3, 0.4) is 0 Å². The van der Waals surface area contributed by atoms with Gasteiger partial charge in [0, 0.05) is 24.7 Å². The van der Waals surface area contributed by atoms with Crippen LogP contribution < -0.4 is 15.4 Å². The number of aryl methyl sites for hydroxylation is 1. The van der Waals surface area contributed by atoms with Gasteiger partial charge in [-0.1, -0.05) is 6.07 Å². The summed E-state index contributed by atoms with van der Waals surface area (Å²) in [6.45, 7) is 2.59. The molecule has 8 nitrogen and oxygen atoms in total. The van der Waals surface area contributed by atoms with Crippen molar-refractivity contribution in [1.29, 1.82) is 0 Å². The van der Waals surface area contributed by atoms with E-state index in [9.17, 15) is 18.0 Å². The van der Waals surface area contributed by atoms with Gasteiger partial charge < -0.3 is 15.4 Å². The monoisotopic (exact) mass is 429 g/mol. The Hall–Kier alpha value is -2.91. The average molecular weight is 429 g/mol. The topological polar surface area (TPSA) is 105 Å². The standard InChI is InChI=1S/C21H23N3O5S/c1-13-3-5-19-17(11-13)23-21(26)16-12-15(4-6-18(16)29-19)22-20(25)14-7-9-24(10-8-14)30(2,27)28/h3-6,11-12,14H,7-10H2,1-2H3,(H,22,25)(H,23,26). The molecule has 0 aromatic heterocycles. The van der Waals surface area contributed by atoms with Gasteiger partial charge in [-0.2, -0.15) is 0 Å². The van der Waals surface area contributed by atoms with Gasteiger partial charge in [0.15, 0.2) is 5.75 Å². The maximum Gasteiger partial charge on any atom is 0.259 e. The second-order valence-electron chi connectivity index (χ2n) is 7.69. The molecule has 1 fully saturated rings. The van der Waals surface area contributed by atoms with Crippen molar-refractivity contribution in [3.63, 3.8) is 0 Å². The van der Waals surface area contributed by atoms with Crippen LogP contribution >= 0.6 is 0 Å². The van der Waals surface area contributed by atoms with E-state index < -0.39 is 10.0 Å². The average Bonchev–Trinajstić information content (AvgIpc) is 2.83. The molecule has 0 saturated carbocycles. The van der Waals surface area contributed by atoms with Crippen molar-refractivity contribution in [2.75, 3.05) is 30.0 Å². The van der Waals surface area contributed by atoms with Crippen LogP contribution in [0, 0.1) is 12.8 Å². The third-order valence-electron chi connectivity index (χ3n) is 5.39. The Bertz CT molecular complexity index is 1120. The molecule has 0 radical (unpaired) electrons. The van der Waals surface area contributed by atoms with E-state index in [0.717, 1.165) is 5.56 Å². The zero-order valence-electron chi connectivity index (χ0n) is 16.8. The summed E-state index contributed by atoms with van der Waals surface area (Å²) in [5.41, 5.74) is 2.41. The largest absolute Gasteiger partial charge is 0.454 e. The Morgan fingerprint density at radius 2 is 1.83 bits per heavy atom. The number of hydrogen-bond donors (Lipinski definition) is 2. The highest BCUT2D eigenvalue weighted by atomic mass is 32.2. The maximum atomic E-state index is 12.7. The Kier molecular flexibility index (Phi) is 5.25. The Labute approximate surface area is 175 Å². The molecule has 2 N–H and O–H groups in total. The lowest BCUT2D eigenvalue weighted by Crippen LogP contribution is -2.40. The molecular formula is C21H23N3O5S. The number of ether oxygens (including phenoxy) is 1. The second-order valence-corrected chi connectivity index (χ2v) is 9.67. The Morgan fingerprint density at radius 3 is 2.53 bits per heavy atom. The van der Waals surface area contributed by atoms with Crippen LogP contribution in [0.5, 0.6) is 11.5 Å². The van der Waals surface area contributed by atoms with E-state index in [1.165, 1.54) is 10.6 Å². The molecule has 0 spiro atoms. The van der Waals surface area contributed by atoms with E-state index in [4.69, 9.17) is 4.74 Å². The first-order valence-electron chi connectivity index (χ1n) is 9.70. The van der Waals surface area contributed by atoms with Crippen LogP contribution in [0.25, 0.3) is 0 Å². The molecule has 0 atom stereocenters. The summed E-state index contributed by atoms with van der Waals surface area (Å²) >= 11 is 0. The van der Waals surface area contributed by atoms with Crippen LogP contribution in [-0.4, -0.2) is 43.9 Å². The minimum Gasteiger partial charge on any atom is -0.454 e. The van der Waals surface area contributed by atoms with E-state index in [0.29, 0.717) is 54.4 Å². The van der Waals surface area contributed by atoms with Crippen molar-refractivity contribution in [2.24, 2.45) is 5.92 Å². The van der Waals surface area contributed by atoms with Gasteiger partial charge in [0.1, 0.15) is 5.75 Å². The fourth-order valence-corrected chi connectivity index (χ4v) is 4.58. The first kappa shape index (κ1) is 20.4. The quantitative estimate of drug-likeness (QED) is 0.781. The fourth-order valence-electron chi connectivity index (χ4n) is 3.71. The number of hydrogen-bond acceptors (Lipinski definition) is 5. The molecule has 2 heterocycles. The molecule has 30 heavy (non-hydrogen) atoms. The normalized spacial score (nSPS) is 17.2. The van der Waals surface area contributed by atoms with Crippen molar-refractivity contribution in [3.8, 4) is 11.5 Å². The Morgan fingerprint density at radius 1 is 1.13 bits per heavy atom. The van der Waals surface area contributed by atoms with Gasteiger partial charge in [0.05, 0.1) is 17.5 Å². The number of nitrogens with zero attached hydrogens (tertiary/aromatic N) is 1. The number of nitrogens with one attached hydrogen (secondary N) is 2. The van der Waals surface area contributed by atoms with Gasteiger partial charge in [-0.3, -0.25) is 9.59 Å². The van der Waals surface area contributed by atoms with E-state index in [1.807, 2.05) is 19.1 Å². The highest BCUT2D eigenvalue weighted by molar-refractivity contribution is 7.88. The number of fused-ring (bicyclic) bond motifs is 2. The zero-order valence-corrected chi connectivity index (χ0v) is 17.6. The molecule has 158 valence electrons. The molecular weight excluding hydrogens is 406 g/mol. The van der Waals surface area contributed by atoms with Gasteiger partial charge in [0.25, 0.3) is 5.91 Å². The first-order valence-corrected chi connectivity index (χ1v) is 11.6. The van der Waals surface area contributed by atoms with Crippen molar-refractivity contribution in [1.82, 2.24) is 4.31 Å². The van der Waals surface area contributed by atoms with Crippen molar-refractivity contribution in [3.05, 3.63) is 47.5 Å². The van der Waals surface area contributed by atoms with E-state index in [1.54, 1.807) is 24.3 Å². The predicted molar refractivity (Wildman–Crippen MR) is 113 cm³/mol. The molecule has 2 aliphatic rings. The number of sulfonamides is 1. The third kappa shape index (κ3) is 4.17. The van der Waals surface area contributed by atoms with E-state index >= 15 is 0 Å². The molecule has 0 bridgehead atoms. The third-order valence-corrected chi connectivity index (χ3v) is 6.69. The lowest BCUT2D eigenvalue weighted by Gasteiger charge is -2.29. The second kappa shape index (κ2) is 7.73. The van der Waals surface area contributed by atoms with Gasteiger partial charge in [0.2, 0.25) is 15.9 Å². The minimum absolute atomic E-state index is 0.183. The number of rotatable bonds is 3. The lowest BCUT2D eigenvalue weighted by molar-refractivity contribution is -0.120. The van der Waals surface area contributed by atoms with E-state index in [2.05, 4.69) is 10.6 Å². The highest BCUT2D eigenvalue weighted by Gasteiger charge is 2.29. The molecule has 4 rings (SSSR count). The molecule has 2 aromatic carbocycles. The Balaban J connectivity index is 1.48. The molecule has 9 heteroatoms. The van der Waals surface area contributed by atoms with Crippen molar-refractivity contribution >= 4 is 33.2 Å². The molecule has 2 aromatic rings. The smallest absolute Gasteiger partial charge is 0.259 e. The SMILES string of the molecule is Cc1ccc2c(c1)NC(=O)c1cc(NC(=O)C3CCN(S(C)(=O)=O)CC3)ccc1O2. The van der Waals surface area contributed by atoms with Crippen LogP contribution in [0.15, 0.2) is 36.4 Å². The highest BCUT2D eigenvalue weighted by Crippen LogP contribution is 2.37. The van der Waals surface area contributed by atoms with Crippen molar-refractivity contribution < 1.29 is 22.7 Å². The molecule has 1 saturated heterocycles. The number of carbonyl (C=O) groups excluding carboxylic acids is 2. The first-order chi connectivity index (χ1) is 14.2. The van der Waals surface area contributed by atoms with Crippen LogP contribution in [0.2, 0.25) is 0 Å². The van der Waals surface area contributed by atoms with Gasteiger partial charge >= 0.3 is 0 Å². The van der Waals surface area contributed by atoms with E-state index in [-0.39, 0.29) is 17.7 Å². The maximum absolute atomic E-state index is 12.7. The lowest BCUT2D eigenvalue weighted by atomic mass is 9.97. The van der Waals surface area contributed by atoms with Gasteiger partial charge in [-0.25, -0.2) is 12.7 Å². The minimum atomic E-state index is -3.24. The summed E-state index contributed by atoms with van der Waals surface area (Å²) < 4.78 is 30.5. The fraction of sp³-hybridized carbons (Fsp3) is 0.333. The summed E-state index contributed by atoms with van der Waals surface area (Å²) in [5, 5.41) is 5.69. The number of amides is 2. The summed E-state index contributed by atoms with van der Waals surface area (Å²) in [5.74, 6) is 0.194. The molecule has 2 aliphatic heterocycles.